The van der Waals surface area contributed by atoms with Crippen LogP contribution in [-0.4, -0.2) is 0 Å². The number of aryl methyl sites for hydroxylation is 7. The minimum Gasteiger partial charge on any atom is -0.201 e. The average Bonchev–Trinajstić information content (AvgIpc) is 3.35. The monoisotopic (exact) mass is 907 g/mol. The van der Waals surface area contributed by atoms with Crippen LogP contribution in [0.5, 0.6) is 0 Å². The summed E-state index contributed by atoms with van der Waals surface area (Å²) in [6.45, 7) is 17.7. The van der Waals surface area contributed by atoms with Crippen molar-refractivity contribution >= 4 is 0 Å². The number of rotatable bonds is 10. The van der Waals surface area contributed by atoms with Crippen molar-refractivity contribution in [3.8, 4) is 67.2 Å². The molecule has 3 aromatic heterocycles. The molecule has 6 aromatic carbocycles. The highest BCUT2D eigenvalue weighted by atomic mass is 14.9. The maximum Gasteiger partial charge on any atom is 0.213 e. The Labute approximate surface area is 414 Å². The largest absolute Gasteiger partial charge is 0.213 e. The van der Waals surface area contributed by atoms with Crippen molar-refractivity contribution in [2.75, 3.05) is 0 Å². The number of nitrogens with zero attached hydrogens (tertiary/aromatic N) is 3. The second kappa shape index (κ2) is 23.2. The third-order valence-electron chi connectivity index (χ3n) is 13.2. The second-order valence-electron chi connectivity index (χ2n) is 19.3. The molecule has 348 valence electrons. The molecule has 0 atom stereocenters. The quantitative estimate of drug-likeness (QED) is 0.121. The zero-order valence-corrected chi connectivity index (χ0v) is 43.0. The molecule has 0 saturated carbocycles. The van der Waals surface area contributed by atoms with Gasteiger partial charge in [-0.15, -0.1) is 0 Å². The van der Waals surface area contributed by atoms with Crippen molar-refractivity contribution in [3.05, 3.63) is 234 Å². The fourth-order valence-electron chi connectivity index (χ4n) is 9.03. The van der Waals surface area contributed by atoms with Crippen LogP contribution in [0, 0.1) is 26.7 Å². The molecule has 3 heteroatoms. The smallest absolute Gasteiger partial charge is 0.201 e. The van der Waals surface area contributed by atoms with Gasteiger partial charge in [-0.1, -0.05) is 162 Å². The van der Waals surface area contributed by atoms with E-state index in [0.29, 0.717) is 11.8 Å². The SMILES string of the molecule is CCc1cccc(-c2cc[n+](C)c(-c3ccccc3C)c2)c1.Cc1ccccc1-c1cc(-c2cccc(C(C)C)c2)cc[n+]1C.Cc1ccccc1-c1cc(-c2cccc(CC(C)C)c2)cc[n+]1C. The van der Waals surface area contributed by atoms with E-state index in [1.165, 1.54) is 101 Å². The Hall–Kier alpha value is -7.23. The van der Waals surface area contributed by atoms with Crippen molar-refractivity contribution in [2.24, 2.45) is 27.1 Å². The summed E-state index contributed by atoms with van der Waals surface area (Å²) in [5, 5.41) is 0. The lowest BCUT2D eigenvalue weighted by Gasteiger charge is -2.10. The van der Waals surface area contributed by atoms with E-state index in [1.54, 1.807) is 0 Å². The van der Waals surface area contributed by atoms with E-state index < -0.39 is 0 Å². The van der Waals surface area contributed by atoms with E-state index in [9.17, 15) is 0 Å². The molecule has 0 bridgehead atoms. The summed E-state index contributed by atoms with van der Waals surface area (Å²) in [6.07, 6.45) is 8.65. The lowest BCUT2D eigenvalue weighted by atomic mass is 9.96. The van der Waals surface area contributed by atoms with Gasteiger partial charge in [0.2, 0.25) is 17.1 Å². The first-order chi connectivity index (χ1) is 33.3. The van der Waals surface area contributed by atoms with Crippen molar-refractivity contribution in [1.82, 2.24) is 0 Å². The van der Waals surface area contributed by atoms with E-state index in [1.807, 2.05) is 0 Å². The molecular formula is C66H72N3+3. The first-order valence-corrected chi connectivity index (χ1v) is 24.8. The van der Waals surface area contributed by atoms with Crippen LogP contribution in [-0.2, 0) is 34.0 Å². The van der Waals surface area contributed by atoms with Gasteiger partial charge in [-0.3, -0.25) is 0 Å². The predicted molar refractivity (Wildman–Crippen MR) is 292 cm³/mol. The first-order valence-electron chi connectivity index (χ1n) is 24.8. The van der Waals surface area contributed by atoms with Crippen LogP contribution < -0.4 is 13.7 Å². The van der Waals surface area contributed by atoms with Crippen molar-refractivity contribution < 1.29 is 13.7 Å². The van der Waals surface area contributed by atoms with E-state index in [-0.39, 0.29) is 0 Å². The van der Waals surface area contributed by atoms with Crippen LogP contribution in [0.2, 0.25) is 0 Å². The molecule has 0 aliphatic rings. The van der Waals surface area contributed by atoms with Gasteiger partial charge < -0.3 is 0 Å². The molecule has 0 N–H and O–H groups in total. The molecule has 0 aliphatic heterocycles. The van der Waals surface area contributed by atoms with Gasteiger partial charge >= 0.3 is 0 Å². The predicted octanol–water partition coefficient (Wildman–Crippen LogP) is 15.3. The van der Waals surface area contributed by atoms with Crippen LogP contribution in [0.25, 0.3) is 67.2 Å². The minimum atomic E-state index is 0.547. The Kier molecular flexibility index (Phi) is 16.7. The van der Waals surface area contributed by atoms with E-state index in [0.717, 1.165) is 12.8 Å². The summed E-state index contributed by atoms with van der Waals surface area (Å²) >= 11 is 0. The summed E-state index contributed by atoms with van der Waals surface area (Å²) in [4.78, 5) is 0. The van der Waals surface area contributed by atoms with Gasteiger partial charge in [0.05, 0.1) is 0 Å². The molecule has 9 rings (SSSR count). The Bertz CT molecular complexity index is 3150. The number of benzene rings is 6. The standard InChI is InChI=1S/C23H26N.C22H24N.C21H22N/c1-17(2)14-19-9-7-10-20(15-19)21-12-13-24(4)23(16-21)22-11-6-5-8-18(22)3;1-16(2)18-9-7-10-19(14-18)20-12-13-23(4)22(15-20)21-11-6-5-8-17(21)3;1-4-17-9-7-10-18(14-17)19-12-13-22(3)21(15-19)20-11-6-5-8-16(20)2/h5-13,15-17H,14H2,1-4H3;5-16H,1-4H3;5-15H,4H2,1-3H3/q3*+1. The molecular weight excluding hydrogens is 835 g/mol. The normalized spacial score (nSPS) is 10.9. The van der Waals surface area contributed by atoms with Gasteiger partial charge in [-0.05, 0) is 130 Å². The highest BCUT2D eigenvalue weighted by Gasteiger charge is 2.17. The number of pyridine rings is 3. The lowest BCUT2D eigenvalue weighted by molar-refractivity contribution is -0.660. The third kappa shape index (κ3) is 12.7. The van der Waals surface area contributed by atoms with Crippen LogP contribution in [0.15, 0.2) is 201 Å². The Morgan fingerprint density at radius 3 is 1.09 bits per heavy atom. The summed E-state index contributed by atoms with van der Waals surface area (Å²) in [7, 11) is 6.32. The molecule has 3 nitrogen and oxygen atoms in total. The highest BCUT2D eigenvalue weighted by Crippen LogP contribution is 2.30. The zero-order valence-electron chi connectivity index (χ0n) is 43.0. The molecule has 0 amide bonds. The zero-order chi connectivity index (χ0) is 49.0. The van der Waals surface area contributed by atoms with E-state index >= 15 is 0 Å². The Balaban J connectivity index is 0.000000153. The van der Waals surface area contributed by atoms with Gasteiger partial charge in [-0.2, -0.15) is 0 Å². The number of hydrogen-bond donors (Lipinski definition) is 0. The fraction of sp³-hybridized carbons (Fsp3) is 0.227. The van der Waals surface area contributed by atoms with Gasteiger partial charge in [0.1, 0.15) is 21.1 Å². The molecule has 0 radical (unpaired) electrons. The maximum atomic E-state index is 2.33. The summed E-state index contributed by atoms with van der Waals surface area (Å²) < 4.78 is 6.58. The average molecular weight is 907 g/mol. The molecule has 69 heavy (non-hydrogen) atoms. The second-order valence-corrected chi connectivity index (χ2v) is 19.3. The van der Waals surface area contributed by atoms with Crippen LogP contribution in [0.4, 0.5) is 0 Å². The molecule has 0 spiro atoms. The third-order valence-corrected chi connectivity index (χ3v) is 13.2. The summed E-state index contributed by atoms with van der Waals surface area (Å²) in [5.41, 5.74) is 23.4. The molecule has 0 aliphatic carbocycles. The molecule has 0 unspecified atom stereocenters. The van der Waals surface area contributed by atoms with Crippen molar-refractivity contribution in [2.45, 2.75) is 74.1 Å². The van der Waals surface area contributed by atoms with Crippen LogP contribution >= 0.6 is 0 Å². The van der Waals surface area contributed by atoms with E-state index in [4.69, 9.17) is 0 Å². The minimum absolute atomic E-state index is 0.547. The first kappa shape index (κ1) is 49.7. The van der Waals surface area contributed by atoms with E-state index in [2.05, 4.69) is 291 Å². The lowest BCUT2D eigenvalue weighted by Crippen LogP contribution is -2.30. The molecule has 3 heterocycles. The number of hydrogen-bond acceptors (Lipinski definition) is 0. The maximum absolute atomic E-state index is 2.33. The van der Waals surface area contributed by atoms with Gasteiger partial charge in [0.15, 0.2) is 18.6 Å². The van der Waals surface area contributed by atoms with Crippen LogP contribution in [0.3, 0.4) is 0 Å². The molecule has 9 aromatic rings. The summed E-state index contributed by atoms with van der Waals surface area (Å²) in [5.74, 6) is 1.22. The highest BCUT2D eigenvalue weighted by molar-refractivity contribution is 5.73. The Morgan fingerprint density at radius 2 is 0.710 bits per heavy atom. The van der Waals surface area contributed by atoms with Gasteiger partial charge in [-0.25, -0.2) is 13.7 Å². The Morgan fingerprint density at radius 1 is 0.362 bits per heavy atom. The molecule has 0 saturated heterocycles. The van der Waals surface area contributed by atoms with Crippen molar-refractivity contribution in [3.63, 3.8) is 0 Å². The molecule has 0 fully saturated rings. The van der Waals surface area contributed by atoms with Gasteiger partial charge in [0, 0.05) is 53.1 Å². The topological polar surface area (TPSA) is 11.6 Å². The van der Waals surface area contributed by atoms with Gasteiger partial charge in [0.25, 0.3) is 0 Å². The van der Waals surface area contributed by atoms with Crippen molar-refractivity contribution in [1.29, 1.82) is 0 Å². The number of aromatic nitrogens is 3. The fourth-order valence-corrected chi connectivity index (χ4v) is 9.03. The summed E-state index contributed by atoms with van der Waals surface area (Å²) in [6, 6.07) is 65.8. The van der Waals surface area contributed by atoms with Crippen LogP contribution in [0.1, 0.15) is 73.9 Å².